The van der Waals surface area contributed by atoms with Crippen LogP contribution < -0.4 is 10.6 Å². The van der Waals surface area contributed by atoms with Crippen molar-refractivity contribution >= 4 is 17.3 Å². The lowest BCUT2D eigenvalue weighted by atomic mass is 10.4. The Balaban J connectivity index is 1.62. The molecule has 2 rings (SSSR count). The molecule has 0 bridgehead atoms. The van der Waals surface area contributed by atoms with E-state index in [4.69, 9.17) is 0 Å². The Hall–Kier alpha value is -1.89. The molecule has 2 aromatic rings. The van der Waals surface area contributed by atoms with Crippen molar-refractivity contribution in [3.05, 3.63) is 34.0 Å². The standard InChI is InChI=1S/C15H24N6S/c1-12-13(2)22-14(20-12)6-9-18-15(16-3)17-7-4-10-21-11-5-8-19-21/h5,8,11H,4,6-7,9-10H2,1-3H3,(H2,16,17,18). The van der Waals surface area contributed by atoms with Crippen molar-refractivity contribution in [1.29, 1.82) is 0 Å². The predicted octanol–water partition coefficient (Wildman–Crippen LogP) is 1.75. The molecule has 0 radical (unpaired) electrons. The van der Waals surface area contributed by atoms with Crippen LogP contribution in [0.3, 0.4) is 0 Å². The van der Waals surface area contributed by atoms with Crippen LogP contribution in [0.1, 0.15) is 22.0 Å². The van der Waals surface area contributed by atoms with Crippen LogP contribution in [-0.2, 0) is 13.0 Å². The Morgan fingerprint density at radius 1 is 1.32 bits per heavy atom. The summed E-state index contributed by atoms with van der Waals surface area (Å²) in [5, 5.41) is 12.0. The fraction of sp³-hybridized carbons (Fsp3) is 0.533. The Morgan fingerprint density at radius 3 is 2.77 bits per heavy atom. The molecular formula is C15H24N6S. The van der Waals surface area contributed by atoms with Gasteiger partial charge in [-0.2, -0.15) is 5.10 Å². The Bertz CT molecular complexity index is 568. The van der Waals surface area contributed by atoms with Crippen molar-refractivity contribution < 1.29 is 0 Å². The topological polar surface area (TPSA) is 67.1 Å². The van der Waals surface area contributed by atoms with E-state index in [-0.39, 0.29) is 0 Å². The maximum atomic E-state index is 4.55. The van der Waals surface area contributed by atoms with Crippen LogP contribution in [0.4, 0.5) is 0 Å². The number of aliphatic imine (C=N–C) groups is 1. The Morgan fingerprint density at radius 2 is 2.14 bits per heavy atom. The average Bonchev–Trinajstić information content (AvgIpc) is 3.12. The Kier molecular flexibility index (Phi) is 6.39. The quantitative estimate of drug-likeness (QED) is 0.463. The molecule has 7 heteroatoms. The third-order valence-electron chi connectivity index (χ3n) is 3.34. The van der Waals surface area contributed by atoms with Crippen LogP contribution >= 0.6 is 11.3 Å². The van der Waals surface area contributed by atoms with Gasteiger partial charge < -0.3 is 10.6 Å². The molecule has 0 amide bonds. The van der Waals surface area contributed by atoms with Crippen molar-refractivity contribution in [2.45, 2.75) is 33.2 Å². The number of aromatic nitrogens is 3. The van der Waals surface area contributed by atoms with Crippen molar-refractivity contribution in [3.8, 4) is 0 Å². The minimum absolute atomic E-state index is 0.838. The second kappa shape index (κ2) is 8.53. The maximum absolute atomic E-state index is 4.55. The van der Waals surface area contributed by atoms with E-state index >= 15 is 0 Å². The molecule has 0 fully saturated rings. The lowest BCUT2D eigenvalue weighted by molar-refractivity contribution is 0.570. The molecule has 0 aliphatic rings. The lowest BCUT2D eigenvalue weighted by Gasteiger charge is -2.11. The van der Waals surface area contributed by atoms with E-state index in [9.17, 15) is 0 Å². The van der Waals surface area contributed by atoms with Gasteiger partial charge in [-0.3, -0.25) is 9.67 Å². The summed E-state index contributed by atoms with van der Waals surface area (Å²) in [6.45, 7) is 6.79. The van der Waals surface area contributed by atoms with Gasteiger partial charge >= 0.3 is 0 Å². The van der Waals surface area contributed by atoms with Gasteiger partial charge in [0.1, 0.15) is 0 Å². The molecule has 0 unspecified atom stereocenters. The van der Waals surface area contributed by atoms with Gasteiger partial charge in [0.05, 0.1) is 10.7 Å². The number of hydrogen-bond acceptors (Lipinski definition) is 4. The van der Waals surface area contributed by atoms with E-state index in [1.807, 2.05) is 16.9 Å². The first-order chi connectivity index (χ1) is 10.7. The number of rotatable bonds is 7. The molecule has 0 atom stereocenters. The van der Waals surface area contributed by atoms with E-state index in [1.165, 1.54) is 9.88 Å². The highest BCUT2D eigenvalue weighted by Crippen LogP contribution is 2.16. The second-order valence-electron chi connectivity index (χ2n) is 5.05. The Labute approximate surface area is 135 Å². The van der Waals surface area contributed by atoms with Crippen LogP contribution in [0.15, 0.2) is 23.5 Å². The average molecular weight is 320 g/mol. The molecule has 120 valence electrons. The summed E-state index contributed by atoms with van der Waals surface area (Å²) in [6, 6.07) is 1.94. The summed E-state index contributed by atoms with van der Waals surface area (Å²) in [6.07, 6.45) is 5.71. The zero-order valence-electron chi connectivity index (χ0n) is 13.5. The molecule has 0 aliphatic heterocycles. The molecule has 2 N–H and O–H groups in total. The molecule has 0 saturated heterocycles. The molecule has 2 heterocycles. The summed E-state index contributed by atoms with van der Waals surface area (Å²) in [5.74, 6) is 0.838. The van der Waals surface area contributed by atoms with Crippen LogP contribution in [0.25, 0.3) is 0 Å². The highest BCUT2D eigenvalue weighted by molar-refractivity contribution is 7.11. The first-order valence-corrected chi connectivity index (χ1v) is 8.35. The monoisotopic (exact) mass is 320 g/mol. The third-order valence-corrected chi connectivity index (χ3v) is 4.48. The number of guanidine groups is 1. The van der Waals surface area contributed by atoms with Gasteiger partial charge in [-0.1, -0.05) is 0 Å². The summed E-state index contributed by atoms with van der Waals surface area (Å²) >= 11 is 1.77. The minimum Gasteiger partial charge on any atom is -0.356 e. The van der Waals surface area contributed by atoms with E-state index in [1.54, 1.807) is 24.6 Å². The third kappa shape index (κ3) is 5.14. The first kappa shape index (κ1) is 16.5. The number of hydrogen-bond donors (Lipinski definition) is 2. The van der Waals surface area contributed by atoms with Gasteiger partial charge in [0, 0.05) is 50.4 Å². The summed E-state index contributed by atoms with van der Waals surface area (Å²) < 4.78 is 1.94. The first-order valence-electron chi connectivity index (χ1n) is 7.54. The van der Waals surface area contributed by atoms with Crippen LogP contribution in [0.2, 0.25) is 0 Å². The van der Waals surface area contributed by atoms with Crippen LogP contribution in [0.5, 0.6) is 0 Å². The summed E-state index contributed by atoms with van der Waals surface area (Å²) in [5.41, 5.74) is 1.14. The number of nitrogens with one attached hydrogen (secondary N) is 2. The van der Waals surface area contributed by atoms with E-state index in [0.717, 1.165) is 44.1 Å². The number of thiazole rings is 1. The van der Waals surface area contributed by atoms with Gasteiger partial charge in [-0.25, -0.2) is 4.98 Å². The lowest BCUT2D eigenvalue weighted by Crippen LogP contribution is -2.39. The number of aryl methyl sites for hydroxylation is 3. The molecular weight excluding hydrogens is 296 g/mol. The molecule has 0 aliphatic carbocycles. The highest BCUT2D eigenvalue weighted by atomic mass is 32.1. The number of nitrogens with zero attached hydrogens (tertiary/aromatic N) is 4. The fourth-order valence-corrected chi connectivity index (χ4v) is 2.97. The molecule has 6 nitrogen and oxygen atoms in total. The zero-order chi connectivity index (χ0) is 15.8. The van der Waals surface area contributed by atoms with Gasteiger partial charge in [-0.05, 0) is 26.3 Å². The smallest absolute Gasteiger partial charge is 0.190 e. The van der Waals surface area contributed by atoms with E-state index in [0.29, 0.717) is 0 Å². The maximum Gasteiger partial charge on any atom is 0.190 e. The van der Waals surface area contributed by atoms with Crippen molar-refractivity contribution in [2.24, 2.45) is 4.99 Å². The largest absolute Gasteiger partial charge is 0.356 e. The second-order valence-corrected chi connectivity index (χ2v) is 6.34. The zero-order valence-corrected chi connectivity index (χ0v) is 14.3. The van der Waals surface area contributed by atoms with Gasteiger partial charge in [0.25, 0.3) is 0 Å². The summed E-state index contributed by atoms with van der Waals surface area (Å²) in [4.78, 5) is 10.1. The van der Waals surface area contributed by atoms with E-state index < -0.39 is 0 Å². The van der Waals surface area contributed by atoms with E-state index in [2.05, 4.69) is 39.6 Å². The fourth-order valence-electron chi connectivity index (χ4n) is 2.04. The molecule has 0 spiro atoms. The summed E-state index contributed by atoms with van der Waals surface area (Å²) in [7, 11) is 1.79. The van der Waals surface area contributed by atoms with Crippen molar-refractivity contribution in [2.75, 3.05) is 20.1 Å². The molecule has 22 heavy (non-hydrogen) atoms. The van der Waals surface area contributed by atoms with Crippen LogP contribution in [-0.4, -0.2) is 40.9 Å². The van der Waals surface area contributed by atoms with Crippen molar-refractivity contribution in [3.63, 3.8) is 0 Å². The normalized spacial score (nSPS) is 11.7. The molecule has 0 aromatic carbocycles. The van der Waals surface area contributed by atoms with Crippen molar-refractivity contribution in [1.82, 2.24) is 25.4 Å². The van der Waals surface area contributed by atoms with Gasteiger partial charge in [0.15, 0.2) is 5.96 Å². The van der Waals surface area contributed by atoms with Crippen LogP contribution in [0, 0.1) is 13.8 Å². The van der Waals surface area contributed by atoms with Gasteiger partial charge in [0.2, 0.25) is 0 Å². The molecule has 2 aromatic heterocycles. The highest BCUT2D eigenvalue weighted by Gasteiger charge is 2.04. The molecule has 0 saturated carbocycles. The SMILES string of the molecule is CN=C(NCCCn1cccn1)NCCc1nc(C)c(C)s1. The minimum atomic E-state index is 0.838. The van der Waals surface area contributed by atoms with Gasteiger partial charge in [-0.15, -0.1) is 11.3 Å². The predicted molar refractivity (Wildman–Crippen MR) is 91.5 cm³/mol.